The molecule has 4 aromatic carbocycles. The zero-order valence-electron chi connectivity index (χ0n) is 19.5. The van der Waals surface area contributed by atoms with Crippen molar-refractivity contribution in [1.82, 2.24) is 4.57 Å². The van der Waals surface area contributed by atoms with Gasteiger partial charge in [-0.2, -0.15) is 0 Å². The van der Waals surface area contributed by atoms with Gasteiger partial charge in [-0.05, 0) is 67.8 Å². The lowest BCUT2D eigenvalue weighted by molar-refractivity contribution is 0.637. The van der Waals surface area contributed by atoms with Gasteiger partial charge in [0.1, 0.15) is 0 Å². The average Bonchev–Trinajstić information content (AvgIpc) is 3.10. The second-order valence-corrected chi connectivity index (χ2v) is 9.16. The van der Waals surface area contributed by atoms with Crippen LogP contribution in [0, 0.1) is 6.92 Å². The molecule has 3 heteroatoms. The summed E-state index contributed by atoms with van der Waals surface area (Å²) < 4.78 is 2.40. The van der Waals surface area contributed by atoms with Crippen molar-refractivity contribution in [2.24, 2.45) is 0 Å². The van der Waals surface area contributed by atoms with Crippen molar-refractivity contribution in [3.8, 4) is 5.69 Å². The molecule has 1 aliphatic rings. The van der Waals surface area contributed by atoms with E-state index in [0.29, 0.717) is 0 Å². The normalized spacial score (nSPS) is 16.3. The maximum atomic E-state index is 2.57. The first kappa shape index (κ1) is 19.9. The van der Waals surface area contributed by atoms with Gasteiger partial charge in [0.05, 0.1) is 17.2 Å². The van der Waals surface area contributed by atoms with Crippen LogP contribution in [0.25, 0.3) is 27.5 Å². The summed E-state index contributed by atoms with van der Waals surface area (Å²) in [5.74, 6) is 0. The van der Waals surface area contributed by atoms with Crippen LogP contribution in [-0.4, -0.2) is 24.3 Å². The van der Waals surface area contributed by atoms with Crippen molar-refractivity contribution in [2.75, 3.05) is 23.4 Å². The Kier molecular flexibility index (Phi) is 4.65. The van der Waals surface area contributed by atoms with E-state index in [0.717, 1.165) is 13.0 Å². The van der Waals surface area contributed by atoms with Crippen LogP contribution < -0.4 is 9.80 Å². The minimum absolute atomic E-state index is 0.271. The Morgan fingerprint density at radius 2 is 1.45 bits per heavy atom. The van der Waals surface area contributed by atoms with Gasteiger partial charge >= 0.3 is 0 Å². The number of nitrogens with zero attached hydrogens (tertiary/aromatic N) is 3. The minimum atomic E-state index is 0.271. The molecule has 6 rings (SSSR count). The highest BCUT2D eigenvalue weighted by atomic mass is 15.3. The Morgan fingerprint density at radius 1 is 0.727 bits per heavy atom. The summed E-state index contributed by atoms with van der Waals surface area (Å²) in [6.07, 6.45) is 1.32. The highest BCUT2D eigenvalue weighted by molar-refractivity contribution is 6.10. The number of hydrogen-bond donors (Lipinski definition) is 0. The van der Waals surface area contributed by atoms with E-state index in [1.165, 1.54) is 50.0 Å². The first-order valence-electron chi connectivity index (χ1n) is 11.8. The van der Waals surface area contributed by atoms with E-state index in [1.807, 2.05) is 0 Å². The highest BCUT2D eigenvalue weighted by Gasteiger charge is 2.26. The Balaban J connectivity index is 1.54. The van der Waals surface area contributed by atoms with Crippen LogP contribution >= 0.6 is 0 Å². The predicted octanol–water partition coefficient (Wildman–Crippen LogP) is 6.94. The standard InChI is InChI=1S/C30H29N3/c1-21-19-30-26(25-14-8-10-16-28(25)33(30)24-12-5-4-6-13-24)20-29(21)32-18-17-23-11-7-9-15-27(23)31(3)22(32)2/h4-16,19-20,22H,17-18H2,1-3H3/t22-/m0/s1. The Morgan fingerprint density at radius 3 is 2.30 bits per heavy atom. The van der Waals surface area contributed by atoms with E-state index in [2.05, 4.69) is 126 Å². The first-order valence-corrected chi connectivity index (χ1v) is 11.8. The van der Waals surface area contributed by atoms with Crippen molar-refractivity contribution in [1.29, 1.82) is 0 Å². The number of anilines is 2. The Hall–Kier alpha value is -3.72. The Labute approximate surface area is 195 Å². The number of para-hydroxylation sites is 3. The van der Waals surface area contributed by atoms with E-state index >= 15 is 0 Å². The van der Waals surface area contributed by atoms with Crippen LogP contribution in [0.5, 0.6) is 0 Å². The molecule has 0 unspecified atom stereocenters. The third-order valence-electron chi connectivity index (χ3n) is 7.32. The molecule has 0 spiro atoms. The fraction of sp³-hybridized carbons (Fsp3) is 0.200. The van der Waals surface area contributed by atoms with Gasteiger partial charge in [-0.3, -0.25) is 0 Å². The molecule has 0 bridgehead atoms. The second-order valence-electron chi connectivity index (χ2n) is 9.16. The molecule has 0 radical (unpaired) electrons. The molecule has 0 aliphatic carbocycles. The maximum Gasteiger partial charge on any atom is 0.0984 e. The minimum Gasteiger partial charge on any atom is -0.354 e. The van der Waals surface area contributed by atoms with Crippen LogP contribution in [0.4, 0.5) is 11.4 Å². The SMILES string of the molecule is Cc1cc2c(cc1N1CCc3ccccc3N(C)[C@@H]1C)c1ccccc1n2-c1ccccc1. The van der Waals surface area contributed by atoms with Crippen molar-refractivity contribution < 1.29 is 0 Å². The first-order chi connectivity index (χ1) is 16.1. The molecule has 5 aromatic rings. The van der Waals surface area contributed by atoms with Crippen LogP contribution in [0.1, 0.15) is 18.1 Å². The van der Waals surface area contributed by atoms with Crippen molar-refractivity contribution >= 4 is 33.2 Å². The third kappa shape index (κ3) is 3.11. The molecule has 2 heterocycles. The van der Waals surface area contributed by atoms with Crippen LogP contribution in [0.2, 0.25) is 0 Å². The highest BCUT2D eigenvalue weighted by Crippen LogP contribution is 2.38. The van der Waals surface area contributed by atoms with Crippen molar-refractivity contribution in [3.63, 3.8) is 0 Å². The zero-order chi connectivity index (χ0) is 22.5. The van der Waals surface area contributed by atoms with E-state index in [4.69, 9.17) is 0 Å². The predicted molar refractivity (Wildman–Crippen MR) is 141 cm³/mol. The number of benzene rings is 4. The molecule has 0 fully saturated rings. The summed E-state index contributed by atoms with van der Waals surface area (Å²) in [5, 5.41) is 2.61. The molecular formula is C30H29N3. The summed E-state index contributed by atoms with van der Waals surface area (Å²) >= 11 is 0. The van der Waals surface area contributed by atoms with Gasteiger partial charge in [0.2, 0.25) is 0 Å². The molecule has 3 nitrogen and oxygen atoms in total. The van der Waals surface area contributed by atoms with E-state index in [-0.39, 0.29) is 6.17 Å². The fourth-order valence-electron chi connectivity index (χ4n) is 5.50. The monoisotopic (exact) mass is 431 g/mol. The van der Waals surface area contributed by atoms with Crippen molar-refractivity contribution in [2.45, 2.75) is 26.4 Å². The summed E-state index contributed by atoms with van der Waals surface area (Å²) in [5.41, 5.74) is 9.13. The molecule has 1 aliphatic heterocycles. The fourth-order valence-corrected chi connectivity index (χ4v) is 5.50. The molecule has 164 valence electrons. The number of aromatic nitrogens is 1. The maximum absolute atomic E-state index is 2.57. The van der Waals surface area contributed by atoms with Gasteiger partial charge in [-0.1, -0.05) is 54.6 Å². The van der Waals surface area contributed by atoms with Crippen molar-refractivity contribution in [3.05, 3.63) is 102 Å². The second kappa shape index (κ2) is 7.70. The summed E-state index contributed by atoms with van der Waals surface area (Å²) in [4.78, 5) is 4.99. The third-order valence-corrected chi connectivity index (χ3v) is 7.32. The van der Waals surface area contributed by atoms with Gasteiger partial charge in [0.25, 0.3) is 0 Å². The van der Waals surface area contributed by atoms with Crippen LogP contribution in [0.3, 0.4) is 0 Å². The molecule has 0 amide bonds. The lowest BCUT2D eigenvalue weighted by Crippen LogP contribution is -2.44. The molecule has 0 N–H and O–H groups in total. The molecule has 1 aromatic heterocycles. The van der Waals surface area contributed by atoms with Gasteiger partial charge in [0, 0.05) is 41.4 Å². The zero-order valence-corrected chi connectivity index (χ0v) is 19.5. The Bertz CT molecular complexity index is 1460. The number of fused-ring (bicyclic) bond motifs is 4. The summed E-state index contributed by atoms with van der Waals surface area (Å²) in [7, 11) is 2.22. The molecule has 1 atom stereocenters. The van der Waals surface area contributed by atoms with E-state index in [1.54, 1.807) is 0 Å². The molecule has 0 saturated carbocycles. The quantitative estimate of drug-likeness (QED) is 0.300. The lowest BCUT2D eigenvalue weighted by atomic mass is 10.1. The number of hydrogen-bond acceptors (Lipinski definition) is 2. The van der Waals surface area contributed by atoms with E-state index in [9.17, 15) is 0 Å². The smallest absolute Gasteiger partial charge is 0.0984 e. The largest absolute Gasteiger partial charge is 0.354 e. The van der Waals surface area contributed by atoms with Gasteiger partial charge in [0.15, 0.2) is 0 Å². The summed E-state index contributed by atoms with van der Waals surface area (Å²) in [6.45, 7) is 5.58. The molecule has 0 saturated heterocycles. The van der Waals surface area contributed by atoms with E-state index < -0.39 is 0 Å². The van der Waals surface area contributed by atoms with Crippen LogP contribution in [0.15, 0.2) is 91.0 Å². The molecular weight excluding hydrogens is 402 g/mol. The van der Waals surface area contributed by atoms with Gasteiger partial charge in [-0.15, -0.1) is 0 Å². The topological polar surface area (TPSA) is 11.4 Å². The summed E-state index contributed by atoms with van der Waals surface area (Å²) in [6, 6.07) is 33.1. The van der Waals surface area contributed by atoms with Gasteiger partial charge < -0.3 is 14.4 Å². The average molecular weight is 432 g/mol. The van der Waals surface area contributed by atoms with Crippen LogP contribution in [-0.2, 0) is 6.42 Å². The lowest BCUT2D eigenvalue weighted by Gasteiger charge is -2.37. The number of rotatable bonds is 2. The molecule has 33 heavy (non-hydrogen) atoms. The number of aryl methyl sites for hydroxylation is 1. The van der Waals surface area contributed by atoms with Gasteiger partial charge in [-0.25, -0.2) is 0 Å².